The van der Waals surface area contributed by atoms with E-state index in [0.717, 1.165) is 24.8 Å². The van der Waals surface area contributed by atoms with E-state index in [1.54, 1.807) is 31.3 Å². The van der Waals surface area contributed by atoms with Crippen LogP contribution in [0, 0.1) is 0 Å². The van der Waals surface area contributed by atoms with E-state index < -0.39 is 0 Å². The van der Waals surface area contributed by atoms with Crippen LogP contribution in [0.25, 0.3) is 0 Å². The summed E-state index contributed by atoms with van der Waals surface area (Å²) in [5.74, 6) is 0.154. The van der Waals surface area contributed by atoms with E-state index in [1.165, 1.54) is 17.7 Å². The van der Waals surface area contributed by atoms with Gasteiger partial charge in [0.15, 0.2) is 0 Å². The van der Waals surface area contributed by atoms with Gasteiger partial charge in [-0.25, -0.2) is 0 Å². The standard InChI is InChI=1S/C29H34N2O3/c1-3-4-5-13-22-34-27-19-12-10-17-25(27)29(33)31(2)26-18-11-9-16-24(26)28(32)30-21-20-23-14-7-6-8-15-23/h6-12,14-19H,3-5,13,20-22H2,1-2H3,(H,30,32). The third-order valence-electron chi connectivity index (χ3n) is 5.73. The Morgan fingerprint density at radius 3 is 2.26 bits per heavy atom. The normalized spacial score (nSPS) is 10.5. The molecule has 0 bridgehead atoms. The molecule has 0 aliphatic heterocycles. The Hall–Kier alpha value is -3.60. The molecule has 0 saturated heterocycles. The fraction of sp³-hybridized carbons (Fsp3) is 0.310. The Morgan fingerprint density at radius 2 is 1.50 bits per heavy atom. The van der Waals surface area contributed by atoms with Gasteiger partial charge in [0.05, 0.1) is 23.4 Å². The third-order valence-corrected chi connectivity index (χ3v) is 5.73. The lowest BCUT2D eigenvalue weighted by Gasteiger charge is -2.22. The molecule has 5 heteroatoms. The summed E-state index contributed by atoms with van der Waals surface area (Å²) in [5.41, 5.74) is 2.67. The molecule has 0 aliphatic carbocycles. The summed E-state index contributed by atoms with van der Waals surface area (Å²) in [7, 11) is 1.69. The van der Waals surface area contributed by atoms with Crippen molar-refractivity contribution in [2.24, 2.45) is 0 Å². The molecular weight excluding hydrogens is 424 g/mol. The molecule has 34 heavy (non-hydrogen) atoms. The maximum Gasteiger partial charge on any atom is 0.261 e. The number of anilines is 1. The number of para-hydroxylation sites is 2. The number of rotatable bonds is 12. The molecule has 178 valence electrons. The van der Waals surface area contributed by atoms with E-state index in [1.807, 2.05) is 54.6 Å². The highest BCUT2D eigenvalue weighted by Gasteiger charge is 2.22. The number of hydrogen-bond donors (Lipinski definition) is 1. The Kier molecular flexibility index (Phi) is 9.71. The molecule has 3 aromatic rings. The molecule has 0 fully saturated rings. The molecule has 0 atom stereocenters. The van der Waals surface area contributed by atoms with Crippen molar-refractivity contribution in [2.45, 2.75) is 39.0 Å². The smallest absolute Gasteiger partial charge is 0.261 e. The first-order valence-corrected chi connectivity index (χ1v) is 12.0. The SMILES string of the molecule is CCCCCCOc1ccccc1C(=O)N(C)c1ccccc1C(=O)NCCc1ccccc1. The van der Waals surface area contributed by atoms with Gasteiger partial charge in [0, 0.05) is 13.6 Å². The van der Waals surface area contributed by atoms with Crippen molar-refractivity contribution in [1.29, 1.82) is 0 Å². The van der Waals surface area contributed by atoms with Crippen LogP contribution in [0.2, 0.25) is 0 Å². The van der Waals surface area contributed by atoms with Crippen LogP contribution >= 0.6 is 0 Å². The van der Waals surface area contributed by atoms with Gasteiger partial charge in [-0.3, -0.25) is 9.59 Å². The molecule has 3 rings (SSSR count). The van der Waals surface area contributed by atoms with Gasteiger partial charge >= 0.3 is 0 Å². The fourth-order valence-corrected chi connectivity index (χ4v) is 3.79. The maximum atomic E-state index is 13.4. The molecule has 0 saturated carbocycles. The van der Waals surface area contributed by atoms with Gasteiger partial charge in [-0.1, -0.05) is 80.8 Å². The summed E-state index contributed by atoms with van der Waals surface area (Å²) in [6, 6.07) is 24.5. The zero-order chi connectivity index (χ0) is 24.2. The third kappa shape index (κ3) is 6.95. The second-order valence-electron chi connectivity index (χ2n) is 8.28. The van der Waals surface area contributed by atoms with Crippen LogP contribution in [0.1, 0.15) is 58.9 Å². The second kappa shape index (κ2) is 13.2. The van der Waals surface area contributed by atoms with E-state index >= 15 is 0 Å². The summed E-state index contributed by atoms with van der Waals surface area (Å²) in [4.78, 5) is 27.8. The molecule has 0 radical (unpaired) electrons. The van der Waals surface area contributed by atoms with Crippen molar-refractivity contribution < 1.29 is 14.3 Å². The molecule has 5 nitrogen and oxygen atoms in total. The molecule has 0 aromatic heterocycles. The van der Waals surface area contributed by atoms with E-state index in [4.69, 9.17) is 4.74 Å². The molecule has 2 amide bonds. The Labute approximate surface area is 202 Å². The molecule has 0 spiro atoms. The zero-order valence-corrected chi connectivity index (χ0v) is 20.1. The molecule has 0 unspecified atom stereocenters. The minimum absolute atomic E-state index is 0.202. The molecule has 3 aromatic carbocycles. The van der Waals surface area contributed by atoms with Gasteiger partial charge in [0.2, 0.25) is 0 Å². The van der Waals surface area contributed by atoms with Crippen LogP contribution in [-0.4, -0.2) is 32.0 Å². The van der Waals surface area contributed by atoms with Crippen LogP contribution in [0.5, 0.6) is 5.75 Å². The first kappa shape index (κ1) is 25.0. The van der Waals surface area contributed by atoms with Crippen LogP contribution in [0.3, 0.4) is 0 Å². The Balaban J connectivity index is 1.68. The average Bonchev–Trinajstić information content (AvgIpc) is 2.88. The summed E-state index contributed by atoms with van der Waals surface area (Å²) in [6.07, 6.45) is 5.15. The topological polar surface area (TPSA) is 58.6 Å². The molecular formula is C29H34N2O3. The highest BCUT2D eigenvalue weighted by atomic mass is 16.5. The first-order valence-electron chi connectivity index (χ1n) is 12.0. The minimum Gasteiger partial charge on any atom is -0.493 e. The van der Waals surface area contributed by atoms with Crippen molar-refractivity contribution in [3.8, 4) is 5.75 Å². The zero-order valence-electron chi connectivity index (χ0n) is 20.1. The summed E-state index contributed by atoms with van der Waals surface area (Å²) >= 11 is 0. The number of carbonyl (C=O) groups is 2. The number of unbranched alkanes of at least 4 members (excludes halogenated alkanes) is 3. The van der Waals surface area contributed by atoms with Crippen molar-refractivity contribution in [3.05, 3.63) is 95.6 Å². The monoisotopic (exact) mass is 458 g/mol. The lowest BCUT2D eigenvalue weighted by Crippen LogP contribution is -2.31. The van der Waals surface area contributed by atoms with Crippen molar-refractivity contribution in [3.63, 3.8) is 0 Å². The van der Waals surface area contributed by atoms with Crippen LogP contribution in [-0.2, 0) is 6.42 Å². The molecule has 0 heterocycles. The predicted molar refractivity (Wildman–Crippen MR) is 138 cm³/mol. The molecule has 0 aliphatic rings. The second-order valence-corrected chi connectivity index (χ2v) is 8.28. The van der Waals surface area contributed by atoms with Crippen LogP contribution < -0.4 is 15.0 Å². The highest BCUT2D eigenvalue weighted by molar-refractivity contribution is 6.11. The van der Waals surface area contributed by atoms with Gasteiger partial charge in [0.25, 0.3) is 11.8 Å². The number of ether oxygens (including phenoxy) is 1. The number of hydrogen-bond acceptors (Lipinski definition) is 3. The van der Waals surface area contributed by atoms with E-state index in [-0.39, 0.29) is 11.8 Å². The van der Waals surface area contributed by atoms with Crippen LogP contribution in [0.15, 0.2) is 78.9 Å². The number of nitrogens with zero attached hydrogens (tertiary/aromatic N) is 1. The maximum absolute atomic E-state index is 13.4. The highest BCUT2D eigenvalue weighted by Crippen LogP contribution is 2.25. The van der Waals surface area contributed by atoms with Crippen LogP contribution in [0.4, 0.5) is 5.69 Å². The lowest BCUT2D eigenvalue weighted by atomic mass is 10.1. The molecule has 1 N–H and O–H groups in total. The number of amides is 2. The van der Waals surface area contributed by atoms with Gasteiger partial charge in [-0.2, -0.15) is 0 Å². The quantitative estimate of drug-likeness (QED) is 0.344. The van der Waals surface area contributed by atoms with E-state index in [2.05, 4.69) is 12.2 Å². The lowest BCUT2D eigenvalue weighted by molar-refractivity contribution is 0.0954. The number of benzene rings is 3. The first-order chi connectivity index (χ1) is 16.6. The number of nitrogens with one attached hydrogen (secondary N) is 1. The largest absolute Gasteiger partial charge is 0.493 e. The van der Waals surface area contributed by atoms with Crippen molar-refractivity contribution >= 4 is 17.5 Å². The van der Waals surface area contributed by atoms with E-state index in [9.17, 15) is 9.59 Å². The Morgan fingerprint density at radius 1 is 0.824 bits per heavy atom. The van der Waals surface area contributed by atoms with Gasteiger partial charge < -0.3 is 15.0 Å². The Bertz CT molecular complexity index is 1070. The van der Waals surface area contributed by atoms with Crippen molar-refractivity contribution in [2.75, 3.05) is 25.1 Å². The van der Waals surface area contributed by atoms with Gasteiger partial charge in [-0.05, 0) is 42.7 Å². The summed E-state index contributed by atoms with van der Waals surface area (Å²) in [5, 5.41) is 2.98. The minimum atomic E-state index is -0.214. The number of carbonyl (C=O) groups excluding carboxylic acids is 2. The van der Waals surface area contributed by atoms with E-state index in [0.29, 0.717) is 35.7 Å². The van der Waals surface area contributed by atoms with Crippen molar-refractivity contribution in [1.82, 2.24) is 5.32 Å². The average molecular weight is 459 g/mol. The van der Waals surface area contributed by atoms with Gasteiger partial charge in [0.1, 0.15) is 5.75 Å². The summed E-state index contributed by atoms with van der Waals surface area (Å²) < 4.78 is 5.94. The fourth-order valence-electron chi connectivity index (χ4n) is 3.79. The van der Waals surface area contributed by atoms with Gasteiger partial charge in [-0.15, -0.1) is 0 Å². The summed E-state index contributed by atoms with van der Waals surface area (Å²) in [6.45, 7) is 3.27. The predicted octanol–water partition coefficient (Wildman–Crippen LogP) is 5.89.